The lowest BCUT2D eigenvalue weighted by molar-refractivity contribution is 0.274. The summed E-state index contributed by atoms with van der Waals surface area (Å²) in [6.07, 6.45) is 4.72. The highest BCUT2D eigenvalue weighted by Gasteiger charge is 2.34. The van der Waals surface area contributed by atoms with Gasteiger partial charge in [-0.1, -0.05) is 22.4 Å². The number of nitrogens with two attached hydrogens (primary N) is 1. The maximum absolute atomic E-state index is 11.8. The van der Waals surface area contributed by atoms with Gasteiger partial charge in [0.2, 0.25) is 0 Å². The molecule has 1 aliphatic rings. The molecule has 0 bridgehead atoms. The van der Waals surface area contributed by atoms with Crippen LogP contribution in [0, 0.1) is 9.49 Å². The van der Waals surface area contributed by atoms with Crippen molar-refractivity contribution in [3.05, 3.63) is 31.8 Å². The second-order valence-corrected chi connectivity index (χ2v) is 10.1. The van der Waals surface area contributed by atoms with Crippen LogP contribution in [0.5, 0.6) is 0 Å². The molecule has 7 heteroatoms. The predicted molar refractivity (Wildman–Crippen MR) is 97.5 cm³/mol. The summed E-state index contributed by atoms with van der Waals surface area (Å²) in [4.78, 5) is 0. The number of benzene rings is 1. The topological polar surface area (TPSA) is 72.2 Å². The molecule has 1 aromatic carbocycles. The van der Waals surface area contributed by atoms with Gasteiger partial charge in [-0.2, -0.15) is 0 Å². The predicted octanol–water partition coefficient (Wildman–Crippen LogP) is 3.16. The fourth-order valence-electron chi connectivity index (χ4n) is 3.11. The van der Waals surface area contributed by atoms with E-state index in [1.54, 1.807) is 0 Å². The second kappa shape index (κ2) is 7.25. The van der Waals surface area contributed by atoms with Gasteiger partial charge < -0.3 is 0 Å². The van der Waals surface area contributed by atoms with E-state index in [9.17, 15) is 8.42 Å². The normalized spacial score (nSPS) is 24.8. The van der Waals surface area contributed by atoms with E-state index in [2.05, 4.69) is 50.0 Å². The van der Waals surface area contributed by atoms with Gasteiger partial charge in [0.15, 0.2) is 0 Å². The molecule has 0 radical (unpaired) electrons. The third-order valence-corrected chi connectivity index (χ3v) is 7.33. The van der Waals surface area contributed by atoms with Crippen LogP contribution in [0.15, 0.2) is 22.7 Å². The zero-order valence-electron chi connectivity index (χ0n) is 11.9. The molecule has 3 atom stereocenters. The Morgan fingerprint density at radius 1 is 1.43 bits per heavy atom. The lowest BCUT2D eigenvalue weighted by Gasteiger charge is -2.34. The van der Waals surface area contributed by atoms with Crippen molar-refractivity contribution in [3.8, 4) is 0 Å². The van der Waals surface area contributed by atoms with E-state index in [4.69, 9.17) is 5.84 Å². The minimum atomic E-state index is -2.98. The summed E-state index contributed by atoms with van der Waals surface area (Å²) in [7, 11) is -2.98. The van der Waals surface area contributed by atoms with E-state index in [1.165, 1.54) is 6.26 Å². The molecule has 1 aromatic rings. The average Bonchev–Trinajstić information content (AvgIpc) is 2.43. The summed E-state index contributed by atoms with van der Waals surface area (Å²) in [5.41, 5.74) is 4.04. The van der Waals surface area contributed by atoms with Crippen molar-refractivity contribution in [2.75, 3.05) is 6.26 Å². The maximum Gasteiger partial charge on any atom is 0.150 e. The summed E-state index contributed by atoms with van der Waals surface area (Å²) in [5.74, 6) is 6.03. The van der Waals surface area contributed by atoms with Gasteiger partial charge in [0.05, 0.1) is 5.25 Å². The van der Waals surface area contributed by atoms with Crippen LogP contribution in [0.3, 0.4) is 0 Å². The third kappa shape index (κ3) is 4.40. The highest BCUT2D eigenvalue weighted by Crippen LogP contribution is 2.38. The van der Waals surface area contributed by atoms with Crippen LogP contribution in [-0.2, 0) is 9.84 Å². The fourth-order valence-corrected chi connectivity index (χ4v) is 5.35. The van der Waals surface area contributed by atoms with Gasteiger partial charge in [0.25, 0.3) is 0 Å². The van der Waals surface area contributed by atoms with E-state index in [0.717, 1.165) is 32.9 Å². The van der Waals surface area contributed by atoms with E-state index in [0.29, 0.717) is 6.42 Å². The first-order valence-corrected chi connectivity index (χ1v) is 10.8. The number of hydrogen-bond acceptors (Lipinski definition) is 4. The minimum absolute atomic E-state index is 0.0149. The molecule has 1 fully saturated rings. The van der Waals surface area contributed by atoms with Gasteiger partial charge >= 0.3 is 0 Å². The lowest BCUT2D eigenvalue weighted by Crippen LogP contribution is -2.38. The fraction of sp³-hybridized carbons (Fsp3) is 0.571. The number of nitrogens with one attached hydrogen (secondary N) is 1. The largest absolute Gasteiger partial charge is 0.271 e. The third-order valence-electron chi connectivity index (χ3n) is 4.22. The standard InChI is InChI=1S/C14H20BrIN2O2S/c1-21(19,20)11-4-2-3-9(7-11)14(18-17)12-8-10(15)5-6-13(12)16/h5-6,8-9,11,14,18H,2-4,7,17H2,1H3. The van der Waals surface area contributed by atoms with Gasteiger partial charge in [-0.05, 0) is 71.5 Å². The molecule has 1 saturated carbocycles. The number of rotatable bonds is 4. The van der Waals surface area contributed by atoms with Crippen molar-refractivity contribution >= 4 is 48.4 Å². The van der Waals surface area contributed by atoms with Gasteiger partial charge in [-0.25, -0.2) is 8.42 Å². The molecule has 0 saturated heterocycles. The molecule has 3 N–H and O–H groups in total. The molecule has 4 nitrogen and oxygen atoms in total. The quantitative estimate of drug-likeness (QED) is 0.389. The number of hydrogen-bond donors (Lipinski definition) is 2. The molecule has 118 valence electrons. The smallest absolute Gasteiger partial charge is 0.150 e. The molecule has 0 spiro atoms. The molecule has 0 aliphatic heterocycles. The average molecular weight is 487 g/mol. The Morgan fingerprint density at radius 3 is 2.76 bits per heavy atom. The first kappa shape index (κ1) is 17.7. The van der Waals surface area contributed by atoms with Crippen LogP contribution >= 0.6 is 38.5 Å². The van der Waals surface area contributed by atoms with Gasteiger partial charge in [-0.3, -0.25) is 11.3 Å². The summed E-state index contributed by atoms with van der Waals surface area (Å²) in [5, 5.41) is -0.239. The van der Waals surface area contributed by atoms with Crippen LogP contribution < -0.4 is 11.3 Å². The van der Waals surface area contributed by atoms with Crippen molar-refractivity contribution < 1.29 is 8.42 Å². The highest BCUT2D eigenvalue weighted by atomic mass is 127. The van der Waals surface area contributed by atoms with Crippen molar-refractivity contribution in [2.45, 2.75) is 37.0 Å². The Bertz CT molecular complexity index is 609. The van der Waals surface area contributed by atoms with E-state index >= 15 is 0 Å². The molecule has 0 heterocycles. The summed E-state index contributed by atoms with van der Waals surface area (Å²) in [6.45, 7) is 0. The lowest BCUT2D eigenvalue weighted by atomic mass is 9.81. The SMILES string of the molecule is CS(=O)(=O)C1CCCC(C(NN)c2cc(Br)ccc2I)C1. The molecule has 2 rings (SSSR count). The molecule has 0 amide bonds. The Labute approximate surface area is 148 Å². The Hall–Kier alpha value is 0.300. The van der Waals surface area contributed by atoms with Crippen LogP contribution in [0.2, 0.25) is 0 Å². The zero-order chi connectivity index (χ0) is 15.6. The summed E-state index contributed by atoms with van der Waals surface area (Å²) < 4.78 is 25.8. The van der Waals surface area contributed by atoms with E-state index in [1.807, 2.05) is 12.1 Å². The Balaban J connectivity index is 2.27. The van der Waals surface area contributed by atoms with Crippen molar-refractivity contribution in [1.29, 1.82) is 0 Å². The van der Waals surface area contributed by atoms with Crippen molar-refractivity contribution in [3.63, 3.8) is 0 Å². The zero-order valence-corrected chi connectivity index (χ0v) is 16.4. The number of sulfone groups is 1. The van der Waals surface area contributed by atoms with Crippen molar-refractivity contribution in [2.24, 2.45) is 11.8 Å². The maximum atomic E-state index is 11.8. The molecule has 3 unspecified atom stereocenters. The van der Waals surface area contributed by atoms with Gasteiger partial charge in [-0.15, -0.1) is 0 Å². The minimum Gasteiger partial charge on any atom is -0.271 e. The second-order valence-electron chi connectivity index (χ2n) is 5.69. The molecule has 0 aromatic heterocycles. The van der Waals surface area contributed by atoms with Crippen LogP contribution in [-0.4, -0.2) is 19.9 Å². The monoisotopic (exact) mass is 486 g/mol. The molecule has 21 heavy (non-hydrogen) atoms. The molecule has 1 aliphatic carbocycles. The van der Waals surface area contributed by atoms with Gasteiger partial charge in [0.1, 0.15) is 9.84 Å². The van der Waals surface area contributed by atoms with E-state index in [-0.39, 0.29) is 17.2 Å². The molecular formula is C14H20BrIN2O2S. The summed E-state index contributed by atoms with van der Waals surface area (Å²) >= 11 is 5.79. The Kier molecular flexibility index (Phi) is 6.09. The van der Waals surface area contributed by atoms with Crippen LogP contribution in [0.1, 0.15) is 37.3 Å². The summed E-state index contributed by atoms with van der Waals surface area (Å²) in [6, 6.07) is 6.09. The molecular weight excluding hydrogens is 467 g/mol. The highest BCUT2D eigenvalue weighted by molar-refractivity contribution is 14.1. The number of halogens is 2. The van der Waals surface area contributed by atoms with Crippen LogP contribution in [0.4, 0.5) is 0 Å². The van der Waals surface area contributed by atoms with E-state index < -0.39 is 9.84 Å². The first-order valence-electron chi connectivity index (χ1n) is 6.93. The Morgan fingerprint density at radius 2 is 2.14 bits per heavy atom. The van der Waals surface area contributed by atoms with Gasteiger partial charge in [0, 0.05) is 20.3 Å². The van der Waals surface area contributed by atoms with Crippen LogP contribution in [0.25, 0.3) is 0 Å². The first-order chi connectivity index (χ1) is 9.82. The van der Waals surface area contributed by atoms with Crippen molar-refractivity contribution in [1.82, 2.24) is 5.43 Å². The number of hydrazine groups is 1.